The minimum absolute atomic E-state index is 0.000532. The van der Waals surface area contributed by atoms with Crippen LogP contribution in [-0.2, 0) is 25.7 Å². The van der Waals surface area contributed by atoms with Crippen molar-refractivity contribution in [1.29, 1.82) is 0 Å². The molecule has 366 valence electrons. The fourth-order valence-electron chi connectivity index (χ4n) is 8.42. The van der Waals surface area contributed by atoms with Crippen molar-refractivity contribution in [3.05, 3.63) is 131 Å². The number of alkyl halides is 1. The summed E-state index contributed by atoms with van der Waals surface area (Å²) in [5.41, 5.74) is 8.74. The number of phenolic OH excluding ortho intramolecular Hbond substituents is 2. The first kappa shape index (κ1) is 52.2. The molecule has 6 N–H and O–H groups in total. The van der Waals surface area contributed by atoms with Crippen molar-refractivity contribution in [2.45, 2.75) is 104 Å². The van der Waals surface area contributed by atoms with Gasteiger partial charge in [0.15, 0.2) is 0 Å². The lowest BCUT2D eigenvalue weighted by Gasteiger charge is -2.35. The van der Waals surface area contributed by atoms with Gasteiger partial charge in [-0.3, -0.25) is 19.2 Å². The predicted octanol–water partition coefficient (Wildman–Crippen LogP) is 8.76. The summed E-state index contributed by atoms with van der Waals surface area (Å²) in [5.74, 6) is 0.243. The minimum Gasteiger partial charge on any atom is -0.508 e. The summed E-state index contributed by atoms with van der Waals surface area (Å²) in [6.07, 6.45) is 3.10. The topological polar surface area (TPSA) is 190 Å². The van der Waals surface area contributed by atoms with Crippen LogP contribution in [-0.4, -0.2) is 92.6 Å². The molecule has 1 aliphatic heterocycles. The number of unbranched alkanes of at least 4 members (excludes halogenated alkanes) is 3. The van der Waals surface area contributed by atoms with Crippen molar-refractivity contribution in [2.75, 3.05) is 25.6 Å². The number of hydrogen-bond acceptors (Lipinski definition) is 10. The van der Waals surface area contributed by atoms with Gasteiger partial charge in [-0.05, 0) is 107 Å². The van der Waals surface area contributed by atoms with Crippen molar-refractivity contribution < 1.29 is 39.2 Å². The average Bonchev–Trinajstić information content (AvgIpc) is 3.95. The van der Waals surface area contributed by atoms with Crippen molar-refractivity contribution in [3.8, 4) is 27.7 Å². The molecule has 5 aromatic rings. The summed E-state index contributed by atoms with van der Waals surface area (Å²) in [6, 6.07) is 27.8. The predicted molar refractivity (Wildman–Crippen MR) is 272 cm³/mol. The number of phenols is 2. The Morgan fingerprint density at radius 2 is 1.39 bits per heavy atom. The molecular weight excluding hydrogens is 914 g/mol. The number of likely N-dealkylation sites (tertiary alicyclic amines) is 1. The van der Waals surface area contributed by atoms with E-state index in [9.17, 15) is 34.5 Å². The standard InChI is InChI=1S/C54H64ClN5O8S/c1-35-50(69-34-58-35)40-13-11-36(12-14-40)32-57-52(66)46-31-43(63)33-60(46)53(67)51(54(2,3)4)59-48(65)10-8-6-5-7-9-47(64)56-29-30-68-44-25-19-39(20-26-44)49(38-17-23-42(62)24-18-38)45(27-28-55)37-15-21-41(61)22-16-37/h11-26,34,43,46,51,61-63H,5-10,27-33H2,1-4H3,(H,56,64)(H,57,66)(H,59,65)/t43-,46+,51?/m1/s1. The second-order valence-corrected chi connectivity index (χ2v) is 19.7. The van der Waals surface area contributed by atoms with Crippen molar-refractivity contribution in [2.24, 2.45) is 5.41 Å². The molecule has 0 aliphatic carbocycles. The second-order valence-electron chi connectivity index (χ2n) is 18.5. The highest BCUT2D eigenvalue weighted by atomic mass is 35.5. The van der Waals surface area contributed by atoms with Crippen LogP contribution in [0.4, 0.5) is 0 Å². The third-order valence-corrected chi connectivity index (χ3v) is 13.3. The molecule has 1 aliphatic rings. The van der Waals surface area contributed by atoms with Crippen LogP contribution in [0.3, 0.4) is 0 Å². The van der Waals surface area contributed by atoms with E-state index in [0.29, 0.717) is 43.9 Å². The number of halogens is 1. The van der Waals surface area contributed by atoms with Gasteiger partial charge in [0.05, 0.1) is 28.7 Å². The molecule has 2 heterocycles. The summed E-state index contributed by atoms with van der Waals surface area (Å²) in [7, 11) is 0. The van der Waals surface area contributed by atoms with Crippen LogP contribution in [0.25, 0.3) is 21.6 Å². The lowest BCUT2D eigenvalue weighted by Crippen LogP contribution is -2.57. The molecular formula is C54H64ClN5O8S. The Balaban J connectivity index is 0.899. The summed E-state index contributed by atoms with van der Waals surface area (Å²) < 4.78 is 5.95. The van der Waals surface area contributed by atoms with Crippen LogP contribution in [0.5, 0.6) is 17.2 Å². The van der Waals surface area contributed by atoms with E-state index in [-0.39, 0.29) is 61.8 Å². The Morgan fingerprint density at radius 3 is 1.97 bits per heavy atom. The number of carbonyl (C=O) groups excluding carboxylic acids is 4. The van der Waals surface area contributed by atoms with Gasteiger partial charge in [-0.25, -0.2) is 4.98 Å². The van der Waals surface area contributed by atoms with Crippen molar-refractivity contribution >= 4 is 57.7 Å². The van der Waals surface area contributed by atoms with Gasteiger partial charge in [-0.15, -0.1) is 22.9 Å². The van der Waals surface area contributed by atoms with Gasteiger partial charge < -0.3 is 40.9 Å². The molecule has 4 amide bonds. The molecule has 1 fully saturated rings. The fourth-order valence-corrected chi connectivity index (χ4v) is 9.42. The molecule has 3 atom stereocenters. The Bertz CT molecular complexity index is 2520. The van der Waals surface area contributed by atoms with Crippen molar-refractivity contribution in [1.82, 2.24) is 25.8 Å². The van der Waals surface area contributed by atoms with Gasteiger partial charge in [-0.1, -0.05) is 94.3 Å². The molecule has 0 radical (unpaired) electrons. The van der Waals surface area contributed by atoms with E-state index < -0.39 is 29.5 Å². The number of nitrogens with zero attached hydrogens (tertiary/aromatic N) is 2. The summed E-state index contributed by atoms with van der Waals surface area (Å²) in [4.78, 5) is 60.1. The molecule has 1 saturated heterocycles. The minimum atomic E-state index is -0.904. The Labute approximate surface area is 414 Å². The molecule has 6 rings (SSSR count). The molecule has 0 saturated carbocycles. The number of β-amino-alcohol motifs (C(OH)–C–C–N with tert-alkyl or cyclic N) is 1. The number of ether oxygens (including phenoxy) is 1. The van der Waals surface area contributed by atoms with E-state index in [4.69, 9.17) is 16.3 Å². The number of rotatable bonds is 22. The SMILES string of the molecule is Cc1ncsc1-c1ccc(CNC(=O)[C@@H]2C[C@@H](O)CN2C(=O)C(NC(=O)CCCCCCC(=O)NCCOc2ccc(C(=C(CCCl)c3ccc(O)cc3)c3ccc(O)cc3)cc2)C(C)(C)C)cc1. The first-order chi connectivity index (χ1) is 33.1. The van der Waals surface area contributed by atoms with E-state index in [2.05, 4.69) is 20.9 Å². The first-order valence-corrected chi connectivity index (χ1v) is 25.0. The first-order valence-electron chi connectivity index (χ1n) is 23.5. The maximum absolute atomic E-state index is 14.0. The largest absolute Gasteiger partial charge is 0.508 e. The molecule has 1 aromatic heterocycles. The quantitative estimate of drug-likeness (QED) is 0.0224. The normalized spacial score (nSPS) is 15.5. The maximum Gasteiger partial charge on any atom is 0.246 e. The number of thiazole rings is 1. The van der Waals surface area contributed by atoms with Gasteiger partial charge in [0, 0.05) is 38.2 Å². The second kappa shape index (κ2) is 24.9. The van der Waals surface area contributed by atoms with Crippen LogP contribution in [0.2, 0.25) is 0 Å². The monoisotopic (exact) mass is 977 g/mol. The van der Waals surface area contributed by atoms with E-state index in [0.717, 1.165) is 62.4 Å². The zero-order valence-electron chi connectivity index (χ0n) is 39.8. The highest BCUT2D eigenvalue weighted by Crippen LogP contribution is 2.37. The highest BCUT2D eigenvalue weighted by Gasteiger charge is 2.44. The van der Waals surface area contributed by atoms with Crippen molar-refractivity contribution in [3.63, 3.8) is 0 Å². The van der Waals surface area contributed by atoms with Crippen LogP contribution in [0, 0.1) is 12.3 Å². The number of nitrogens with one attached hydrogen (secondary N) is 3. The Hall–Kier alpha value is -6.22. The third kappa shape index (κ3) is 14.9. The van der Waals surface area contributed by atoms with Gasteiger partial charge >= 0.3 is 0 Å². The van der Waals surface area contributed by atoms with Crippen LogP contribution in [0.15, 0.2) is 103 Å². The molecule has 4 aromatic carbocycles. The van der Waals surface area contributed by atoms with E-state index in [1.807, 2.05) is 106 Å². The number of carbonyl (C=O) groups is 4. The number of allylic oxidation sites excluding steroid dienone is 1. The summed E-state index contributed by atoms with van der Waals surface area (Å²) >= 11 is 7.85. The summed E-state index contributed by atoms with van der Waals surface area (Å²) in [6.45, 7) is 8.42. The molecule has 1 unspecified atom stereocenters. The number of aliphatic hydroxyl groups is 1. The van der Waals surface area contributed by atoms with Gasteiger partial charge in [0.25, 0.3) is 0 Å². The number of benzene rings is 4. The molecule has 0 spiro atoms. The number of aromatic nitrogens is 1. The number of hydrogen-bond donors (Lipinski definition) is 6. The Kier molecular flexibility index (Phi) is 18.8. The zero-order chi connectivity index (χ0) is 49.5. The highest BCUT2D eigenvalue weighted by molar-refractivity contribution is 7.13. The third-order valence-electron chi connectivity index (χ3n) is 12.1. The lowest BCUT2D eigenvalue weighted by atomic mass is 9.85. The van der Waals surface area contributed by atoms with Crippen LogP contribution >= 0.6 is 22.9 Å². The number of aliphatic hydroxyl groups excluding tert-OH is 1. The zero-order valence-corrected chi connectivity index (χ0v) is 41.4. The van der Waals surface area contributed by atoms with E-state index in [1.165, 1.54) is 4.90 Å². The lowest BCUT2D eigenvalue weighted by molar-refractivity contribution is -0.144. The number of aryl methyl sites for hydroxylation is 1. The van der Waals surface area contributed by atoms with Gasteiger partial charge in [0.2, 0.25) is 23.6 Å². The van der Waals surface area contributed by atoms with Crippen LogP contribution < -0.4 is 20.7 Å². The smallest absolute Gasteiger partial charge is 0.246 e. The fraction of sp³-hybridized carbons (Fsp3) is 0.389. The van der Waals surface area contributed by atoms with E-state index >= 15 is 0 Å². The number of amides is 4. The van der Waals surface area contributed by atoms with Gasteiger partial charge in [-0.2, -0.15) is 0 Å². The summed E-state index contributed by atoms with van der Waals surface area (Å²) in [5, 5.41) is 39.2. The number of aromatic hydroxyl groups is 2. The van der Waals surface area contributed by atoms with Gasteiger partial charge in [0.1, 0.15) is 35.9 Å². The Morgan fingerprint density at radius 1 is 0.797 bits per heavy atom. The molecule has 15 heteroatoms. The van der Waals surface area contributed by atoms with Crippen LogP contribution in [0.1, 0.15) is 100 Å². The molecule has 13 nitrogen and oxygen atoms in total. The maximum atomic E-state index is 14.0. The average molecular weight is 979 g/mol. The molecule has 0 bridgehead atoms. The molecule has 69 heavy (non-hydrogen) atoms. The van der Waals surface area contributed by atoms with E-state index in [1.54, 1.807) is 35.6 Å².